The largest absolute Gasteiger partial charge is 0.352 e. The summed E-state index contributed by atoms with van der Waals surface area (Å²) in [7, 11) is 0. The van der Waals surface area contributed by atoms with E-state index in [0.29, 0.717) is 0 Å². The molecule has 5 nitrogen and oxygen atoms in total. The van der Waals surface area contributed by atoms with Gasteiger partial charge in [-0.1, -0.05) is 34.1 Å². The normalized spacial score (nSPS) is 18.3. The Bertz CT molecular complexity index is 367. The number of nitrogens with two attached hydrogens (primary N) is 1. The van der Waals surface area contributed by atoms with E-state index in [2.05, 4.69) is 19.2 Å². The van der Waals surface area contributed by atoms with Crippen molar-refractivity contribution in [1.29, 1.82) is 0 Å². The summed E-state index contributed by atoms with van der Waals surface area (Å²) in [5.74, 6) is 0.548. The highest BCUT2D eigenvalue weighted by Crippen LogP contribution is 2.17. The third kappa shape index (κ3) is 6.30. The van der Waals surface area contributed by atoms with Crippen LogP contribution in [0.4, 0.5) is 0 Å². The van der Waals surface area contributed by atoms with E-state index in [9.17, 15) is 9.59 Å². The second-order valence-corrected chi connectivity index (χ2v) is 6.53. The van der Waals surface area contributed by atoms with Gasteiger partial charge in [0.15, 0.2) is 0 Å². The quantitative estimate of drug-likeness (QED) is 0.742. The third-order valence-electron chi connectivity index (χ3n) is 5.05. The SMILES string of the molecule is CCC(CC)C(=O)N1CCC(NC(=O)C(N)C(C)CC)CC1.Cl. The predicted molar refractivity (Wildman–Crippen MR) is 96.5 cm³/mol. The molecule has 1 rings (SSSR count). The van der Waals surface area contributed by atoms with Gasteiger partial charge in [-0.3, -0.25) is 9.59 Å². The lowest BCUT2D eigenvalue weighted by atomic mass is 9.96. The maximum Gasteiger partial charge on any atom is 0.237 e. The topological polar surface area (TPSA) is 75.4 Å². The number of piperidine rings is 1. The van der Waals surface area contributed by atoms with Crippen molar-refractivity contribution < 1.29 is 9.59 Å². The molecule has 0 aromatic heterocycles. The van der Waals surface area contributed by atoms with Gasteiger partial charge >= 0.3 is 0 Å². The lowest BCUT2D eigenvalue weighted by Gasteiger charge is -2.35. The van der Waals surface area contributed by atoms with Gasteiger partial charge in [-0.25, -0.2) is 0 Å². The minimum absolute atomic E-state index is 0. The summed E-state index contributed by atoms with van der Waals surface area (Å²) >= 11 is 0. The van der Waals surface area contributed by atoms with Gasteiger partial charge in [0.1, 0.15) is 0 Å². The van der Waals surface area contributed by atoms with Crippen LogP contribution in [0, 0.1) is 11.8 Å². The van der Waals surface area contributed by atoms with E-state index >= 15 is 0 Å². The Balaban J connectivity index is 0.00000484. The van der Waals surface area contributed by atoms with E-state index in [4.69, 9.17) is 5.73 Å². The number of carbonyl (C=O) groups is 2. The molecule has 0 saturated carbocycles. The van der Waals surface area contributed by atoms with Gasteiger partial charge in [-0.05, 0) is 31.6 Å². The Kier molecular flexibility index (Phi) is 10.5. The molecule has 0 radical (unpaired) electrons. The molecule has 3 N–H and O–H groups in total. The lowest BCUT2D eigenvalue weighted by molar-refractivity contribution is -0.137. The number of nitrogens with one attached hydrogen (secondary N) is 1. The van der Waals surface area contributed by atoms with Crippen molar-refractivity contribution in [2.45, 2.75) is 71.9 Å². The van der Waals surface area contributed by atoms with Gasteiger partial charge in [0.25, 0.3) is 0 Å². The molecule has 0 aromatic carbocycles. The molecule has 1 aliphatic heterocycles. The van der Waals surface area contributed by atoms with Crippen molar-refractivity contribution in [1.82, 2.24) is 10.2 Å². The van der Waals surface area contributed by atoms with Crippen molar-refractivity contribution in [2.24, 2.45) is 17.6 Å². The Morgan fingerprint density at radius 3 is 2.09 bits per heavy atom. The zero-order valence-electron chi connectivity index (χ0n) is 15.0. The highest BCUT2D eigenvalue weighted by Gasteiger charge is 2.28. The van der Waals surface area contributed by atoms with Crippen molar-refractivity contribution in [3.05, 3.63) is 0 Å². The number of halogens is 1. The average Bonchev–Trinajstić information content (AvgIpc) is 2.54. The Morgan fingerprint density at radius 1 is 1.13 bits per heavy atom. The average molecular weight is 348 g/mol. The number of hydrogen-bond donors (Lipinski definition) is 2. The summed E-state index contributed by atoms with van der Waals surface area (Å²) in [5.41, 5.74) is 5.96. The third-order valence-corrected chi connectivity index (χ3v) is 5.05. The molecule has 6 heteroatoms. The predicted octanol–water partition coefficient (Wildman–Crippen LogP) is 2.33. The zero-order valence-corrected chi connectivity index (χ0v) is 15.8. The van der Waals surface area contributed by atoms with Crippen molar-refractivity contribution in [2.75, 3.05) is 13.1 Å². The summed E-state index contributed by atoms with van der Waals surface area (Å²) in [6.07, 6.45) is 4.35. The molecule has 2 atom stereocenters. The molecule has 1 saturated heterocycles. The summed E-state index contributed by atoms with van der Waals surface area (Å²) < 4.78 is 0. The van der Waals surface area contributed by atoms with Crippen LogP contribution >= 0.6 is 12.4 Å². The van der Waals surface area contributed by atoms with Gasteiger partial charge < -0.3 is 16.0 Å². The second kappa shape index (κ2) is 10.9. The zero-order chi connectivity index (χ0) is 16.7. The standard InChI is InChI=1S/C17H33N3O2.ClH/c1-5-12(4)15(18)16(21)19-14-8-10-20(11-9-14)17(22)13(6-2)7-3;/h12-15H,5-11,18H2,1-4H3,(H,19,21);1H. The number of nitrogens with zero attached hydrogens (tertiary/aromatic N) is 1. The number of hydrogen-bond acceptors (Lipinski definition) is 3. The molecule has 136 valence electrons. The molecule has 0 aliphatic carbocycles. The number of carbonyl (C=O) groups excluding carboxylic acids is 2. The molecule has 2 amide bonds. The van der Waals surface area contributed by atoms with Crippen molar-refractivity contribution >= 4 is 24.2 Å². The Labute approximate surface area is 147 Å². The summed E-state index contributed by atoms with van der Waals surface area (Å²) in [5, 5.41) is 3.05. The fraction of sp³-hybridized carbons (Fsp3) is 0.882. The molecule has 1 aliphatic rings. The number of likely N-dealkylation sites (tertiary alicyclic amines) is 1. The monoisotopic (exact) mass is 347 g/mol. The molecule has 1 heterocycles. The summed E-state index contributed by atoms with van der Waals surface area (Å²) in [6.45, 7) is 9.64. The second-order valence-electron chi connectivity index (χ2n) is 6.53. The van der Waals surface area contributed by atoms with Crippen LogP contribution in [0.25, 0.3) is 0 Å². The first-order valence-electron chi connectivity index (χ1n) is 8.79. The molecule has 23 heavy (non-hydrogen) atoms. The van der Waals surface area contributed by atoms with Crippen LogP contribution in [0.2, 0.25) is 0 Å². The Morgan fingerprint density at radius 2 is 1.65 bits per heavy atom. The highest BCUT2D eigenvalue weighted by atomic mass is 35.5. The molecule has 1 fully saturated rings. The van der Waals surface area contributed by atoms with E-state index < -0.39 is 6.04 Å². The van der Waals surface area contributed by atoms with E-state index in [1.807, 2.05) is 18.7 Å². The van der Waals surface area contributed by atoms with Crippen LogP contribution in [-0.4, -0.2) is 41.9 Å². The fourth-order valence-electron chi connectivity index (χ4n) is 2.95. The van der Waals surface area contributed by atoms with Gasteiger partial charge in [0, 0.05) is 25.0 Å². The van der Waals surface area contributed by atoms with Crippen LogP contribution in [0.15, 0.2) is 0 Å². The summed E-state index contributed by atoms with van der Waals surface area (Å²) in [6, 6.07) is -0.289. The molecular weight excluding hydrogens is 314 g/mol. The minimum Gasteiger partial charge on any atom is -0.352 e. The first-order valence-corrected chi connectivity index (χ1v) is 8.79. The Hall–Kier alpha value is -0.810. The van der Waals surface area contributed by atoms with E-state index in [1.165, 1.54) is 0 Å². The van der Waals surface area contributed by atoms with Crippen LogP contribution in [0.3, 0.4) is 0 Å². The van der Waals surface area contributed by atoms with Gasteiger partial charge in [-0.2, -0.15) is 0 Å². The van der Waals surface area contributed by atoms with E-state index in [1.54, 1.807) is 0 Å². The molecular formula is C17H34ClN3O2. The van der Waals surface area contributed by atoms with Crippen LogP contribution in [0.5, 0.6) is 0 Å². The molecule has 0 spiro atoms. The van der Waals surface area contributed by atoms with E-state index in [-0.39, 0.29) is 42.1 Å². The number of rotatable bonds is 7. The number of amides is 2. The van der Waals surface area contributed by atoms with Crippen LogP contribution in [-0.2, 0) is 9.59 Å². The maximum atomic E-state index is 12.3. The summed E-state index contributed by atoms with van der Waals surface area (Å²) in [4.78, 5) is 26.4. The van der Waals surface area contributed by atoms with Crippen LogP contribution in [0.1, 0.15) is 59.8 Å². The van der Waals surface area contributed by atoms with Crippen molar-refractivity contribution in [3.8, 4) is 0 Å². The lowest BCUT2D eigenvalue weighted by Crippen LogP contribution is -2.52. The molecule has 2 unspecified atom stereocenters. The first-order chi connectivity index (χ1) is 10.4. The molecule has 0 bridgehead atoms. The fourth-order valence-corrected chi connectivity index (χ4v) is 2.95. The van der Waals surface area contributed by atoms with Crippen LogP contribution < -0.4 is 11.1 Å². The van der Waals surface area contributed by atoms with Gasteiger partial charge in [-0.15, -0.1) is 12.4 Å². The molecule has 0 aromatic rings. The van der Waals surface area contributed by atoms with Gasteiger partial charge in [0.05, 0.1) is 6.04 Å². The first kappa shape index (κ1) is 22.2. The van der Waals surface area contributed by atoms with E-state index in [0.717, 1.165) is 45.2 Å². The van der Waals surface area contributed by atoms with Gasteiger partial charge in [0.2, 0.25) is 11.8 Å². The minimum atomic E-state index is -0.436. The maximum absolute atomic E-state index is 12.3. The smallest absolute Gasteiger partial charge is 0.237 e. The van der Waals surface area contributed by atoms with Crippen molar-refractivity contribution in [3.63, 3.8) is 0 Å². The highest BCUT2D eigenvalue weighted by molar-refractivity contribution is 5.85.